The van der Waals surface area contributed by atoms with Crippen LogP contribution in [0.15, 0.2) is 273 Å². The molecule has 1 nitrogen and oxygen atoms in total. The number of fused-ring (bicyclic) bond motifs is 9. The van der Waals surface area contributed by atoms with Gasteiger partial charge in [-0.3, -0.25) is 0 Å². The van der Waals surface area contributed by atoms with Crippen molar-refractivity contribution in [1.82, 2.24) is 4.57 Å². The molecular formula is C69H51NSSi2. The highest BCUT2D eigenvalue weighted by Crippen LogP contribution is 2.48. The van der Waals surface area contributed by atoms with E-state index in [1.54, 1.807) is 0 Å². The van der Waals surface area contributed by atoms with Gasteiger partial charge in [0.1, 0.15) is 0 Å². The van der Waals surface area contributed by atoms with E-state index in [0.29, 0.717) is 0 Å². The molecule has 13 aromatic rings. The third kappa shape index (κ3) is 6.44. The van der Waals surface area contributed by atoms with Crippen LogP contribution in [-0.4, -0.2) is 20.7 Å². The summed E-state index contributed by atoms with van der Waals surface area (Å²) >= 11 is 1.95. The summed E-state index contributed by atoms with van der Waals surface area (Å²) < 4.78 is 5.19. The van der Waals surface area contributed by atoms with Crippen molar-refractivity contribution in [3.05, 3.63) is 284 Å². The second kappa shape index (κ2) is 17.0. The van der Waals surface area contributed by atoms with Gasteiger partial charge in [0.15, 0.2) is 16.1 Å². The minimum atomic E-state index is -3.01. The average molecular weight is 982 g/mol. The Bertz CT molecular complexity index is 4100. The molecule has 0 radical (unpaired) electrons. The van der Waals surface area contributed by atoms with Gasteiger partial charge in [-0.25, -0.2) is 0 Å². The topological polar surface area (TPSA) is 4.93 Å². The summed E-state index contributed by atoms with van der Waals surface area (Å²) in [6, 6.07) is 104. The first kappa shape index (κ1) is 43.6. The lowest BCUT2D eigenvalue weighted by Gasteiger charge is -2.36. The lowest BCUT2D eigenvalue weighted by molar-refractivity contribution is 0.661. The Morgan fingerprint density at radius 1 is 0.329 bits per heavy atom. The number of benzene rings is 11. The fourth-order valence-electron chi connectivity index (χ4n) is 13.0. The summed E-state index contributed by atoms with van der Waals surface area (Å²) in [5, 5.41) is 16.3. The molecule has 0 saturated heterocycles. The largest absolute Gasteiger partial charge is 0.309 e. The molecule has 2 aromatic heterocycles. The predicted molar refractivity (Wildman–Crippen MR) is 318 cm³/mol. The van der Waals surface area contributed by atoms with Crippen LogP contribution in [0.2, 0.25) is 0 Å². The first-order valence-corrected chi connectivity index (χ1v) is 30.3. The normalized spacial score (nSPS) is 13.2. The van der Waals surface area contributed by atoms with Crippen molar-refractivity contribution in [1.29, 1.82) is 0 Å². The Labute approximate surface area is 433 Å². The maximum Gasteiger partial charge on any atom is 0.181 e. The van der Waals surface area contributed by atoms with Gasteiger partial charge < -0.3 is 4.57 Å². The number of para-hydroxylation sites is 2. The minimum absolute atomic E-state index is 0.299. The molecule has 0 fully saturated rings. The van der Waals surface area contributed by atoms with Gasteiger partial charge in [0.25, 0.3) is 0 Å². The molecule has 11 aromatic carbocycles. The lowest BCUT2D eigenvalue weighted by atomic mass is 9.82. The highest BCUT2D eigenvalue weighted by Gasteiger charge is 2.47. The molecule has 1 aliphatic carbocycles. The Balaban J connectivity index is 0.994. The monoisotopic (exact) mass is 981 g/mol. The number of hydrogen-bond donors (Lipinski definition) is 0. The van der Waals surface area contributed by atoms with Gasteiger partial charge in [-0.05, 0) is 94.1 Å². The van der Waals surface area contributed by atoms with Crippen LogP contribution in [0.3, 0.4) is 0 Å². The van der Waals surface area contributed by atoms with Crippen molar-refractivity contribution in [2.24, 2.45) is 0 Å². The van der Waals surface area contributed by atoms with Crippen LogP contribution in [0.5, 0.6) is 0 Å². The SMILES string of the molecule is CC1(C)c2cc([Si](c3ccccc3)(c3ccccc3)c3cccc(-n4c5ccccc5c5ccccc54)c3)ccc2-c2ccc([Si](c3ccccc3)(c3ccccc3)c3cccc4c3sc3ccccc34)cc21. The fourth-order valence-corrected chi connectivity index (χ4v) is 24.4. The zero-order valence-corrected chi connectivity index (χ0v) is 43.7. The Morgan fingerprint density at radius 3 is 1.29 bits per heavy atom. The van der Waals surface area contributed by atoms with E-state index in [1.165, 1.54) is 111 Å². The molecule has 0 N–H and O–H groups in total. The van der Waals surface area contributed by atoms with Crippen LogP contribution in [0.25, 0.3) is 58.8 Å². The van der Waals surface area contributed by atoms with E-state index in [1.807, 2.05) is 11.3 Å². The van der Waals surface area contributed by atoms with Crippen LogP contribution in [0.4, 0.5) is 0 Å². The van der Waals surface area contributed by atoms with Gasteiger partial charge in [-0.1, -0.05) is 257 Å². The standard InChI is InChI=1S/C69H51NSSi2/c1-69(2)62-46-54(72(49-24-7-3-8-25-49,50-26-9-4-10-27-50)53-32-21-23-48(45-53)70-64-37-18-15-33-58(64)59-34-16-19-38-65(59)70)41-43-56(62)57-44-42-55(47-63(57)69)73(51-28-11-5-12-29-51,52-30-13-6-14-31-52)67-40-22-36-61-60-35-17-20-39-66(60)71-68(61)67/h3-47H,1-2H3. The molecule has 73 heavy (non-hydrogen) atoms. The molecule has 4 heteroatoms. The van der Waals surface area contributed by atoms with Crippen LogP contribution < -0.4 is 41.5 Å². The number of aromatic nitrogens is 1. The molecule has 2 heterocycles. The maximum absolute atomic E-state index is 3.01. The Hall–Kier alpha value is -8.13. The molecule has 346 valence electrons. The number of thiophene rings is 1. The van der Waals surface area contributed by atoms with Crippen LogP contribution in [-0.2, 0) is 5.41 Å². The third-order valence-corrected chi connectivity index (χ3v) is 27.2. The smallest absolute Gasteiger partial charge is 0.181 e. The molecule has 14 rings (SSSR count). The van der Waals surface area contributed by atoms with Gasteiger partial charge in [-0.15, -0.1) is 11.3 Å². The maximum atomic E-state index is 2.64. The van der Waals surface area contributed by atoms with E-state index in [9.17, 15) is 0 Å². The van der Waals surface area contributed by atoms with Gasteiger partial charge in [0, 0.05) is 42.0 Å². The fraction of sp³-hybridized carbons (Fsp3) is 0.0435. The quantitative estimate of drug-likeness (QED) is 0.100. The van der Waals surface area contributed by atoms with Crippen molar-refractivity contribution in [2.75, 3.05) is 0 Å². The number of nitrogens with zero attached hydrogens (tertiary/aromatic N) is 1. The molecule has 0 spiro atoms. The van der Waals surface area contributed by atoms with Crippen LogP contribution in [0, 0.1) is 0 Å². The molecule has 0 atom stereocenters. The molecule has 0 amide bonds. The zero-order chi connectivity index (χ0) is 48.7. The predicted octanol–water partition coefficient (Wildman–Crippen LogP) is 12.2. The van der Waals surface area contributed by atoms with Gasteiger partial charge in [0.05, 0.1) is 11.0 Å². The van der Waals surface area contributed by atoms with Crippen molar-refractivity contribution < 1.29 is 0 Å². The van der Waals surface area contributed by atoms with E-state index in [-0.39, 0.29) is 5.41 Å². The zero-order valence-electron chi connectivity index (χ0n) is 40.8. The molecule has 0 aliphatic heterocycles. The van der Waals surface area contributed by atoms with Gasteiger partial charge in [-0.2, -0.15) is 0 Å². The summed E-state index contributed by atoms with van der Waals surface area (Å²) in [6.45, 7) is 4.95. The minimum Gasteiger partial charge on any atom is -0.309 e. The van der Waals surface area contributed by atoms with Gasteiger partial charge in [0.2, 0.25) is 0 Å². The van der Waals surface area contributed by atoms with Crippen molar-refractivity contribution in [3.8, 4) is 16.8 Å². The van der Waals surface area contributed by atoms with E-state index in [4.69, 9.17) is 0 Å². The highest BCUT2D eigenvalue weighted by atomic mass is 32.1. The Morgan fingerprint density at radius 2 is 0.740 bits per heavy atom. The summed E-state index contributed by atoms with van der Waals surface area (Å²) in [6.07, 6.45) is 0. The number of rotatable bonds is 9. The molecule has 0 bridgehead atoms. The third-order valence-electron chi connectivity index (χ3n) is 16.3. The summed E-state index contributed by atoms with van der Waals surface area (Å²) in [7, 11) is -5.96. The van der Waals surface area contributed by atoms with Gasteiger partial charge >= 0.3 is 0 Å². The van der Waals surface area contributed by atoms with E-state index in [2.05, 4.69) is 291 Å². The van der Waals surface area contributed by atoms with E-state index in [0.717, 1.165) is 0 Å². The van der Waals surface area contributed by atoms with Crippen molar-refractivity contribution in [3.63, 3.8) is 0 Å². The summed E-state index contributed by atoms with van der Waals surface area (Å²) in [4.78, 5) is 0. The van der Waals surface area contributed by atoms with E-state index >= 15 is 0 Å². The average Bonchev–Trinajstić information content (AvgIpc) is 4.08. The van der Waals surface area contributed by atoms with E-state index < -0.39 is 16.1 Å². The summed E-state index contributed by atoms with van der Waals surface area (Å²) in [5.41, 5.74) is 8.76. The molecule has 0 saturated carbocycles. The first-order chi connectivity index (χ1) is 36.0. The first-order valence-electron chi connectivity index (χ1n) is 25.5. The summed E-state index contributed by atoms with van der Waals surface area (Å²) in [5.74, 6) is 0. The highest BCUT2D eigenvalue weighted by molar-refractivity contribution is 7.30. The number of hydrogen-bond acceptors (Lipinski definition) is 1. The van der Waals surface area contributed by atoms with Crippen LogP contribution in [0.1, 0.15) is 25.0 Å². The lowest BCUT2D eigenvalue weighted by Crippen LogP contribution is -2.75. The van der Waals surface area contributed by atoms with Crippen LogP contribution >= 0.6 is 11.3 Å². The molecule has 0 unspecified atom stereocenters. The molecule has 1 aliphatic rings. The second-order valence-electron chi connectivity index (χ2n) is 20.3. The Kier molecular flexibility index (Phi) is 10.2. The second-order valence-corrected chi connectivity index (χ2v) is 28.9. The van der Waals surface area contributed by atoms with Crippen molar-refractivity contribution >= 4 is 111 Å². The van der Waals surface area contributed by atoms with Crippen molar-refractivity contribution in [2.45, 2.75) is 19.3 Å². The molecular weight excluding hydrogens is 931 g/mol.